The van der Waals surface area contributed by atoms with Crippen LogP contribution in [-0.4, -0.2) is 65.8 Å². The highest BCUT2D eigenvalue weighted by molar-refractivity contribution is 7.86. The van der Waals surface area contributed by atoms with E-state index in [0.29, 0.717) is 26.2 Å². The molecule has 0 aliphatic carbocycles. The Labute approximate surface area is 156 Å². The van der Waals surface area contributed by atoms with E-state index in [4.69, 9.17) is 0 Å². The number of rotatable bonds is 4. The molecule has 0 saturated carbocycles. The second kappa shape index (κ2) is 7.31. The van der Waals surface area contributed by atoms with Crippen molar-refractivity contribution in [2.24, 2.45) is 7.05 Å². The number of nitrogens with zero attached hydrogens (tertiary/aromatic N) is 4. The van der Waals surface area contributed by atoms with Gasteiger partial charge in [-0.2, -0.15) is 17.0 Å². The van der Waals surface area contributed by atoms with Gasteiger partial charge >= 0.3 is 0 Å². The van der Waals surface area contributed by atoms with E-state index >= 15 is 0 Å². The Bertz CT molecular complexity index is 871. The minimum Gasteiger partial charge on any atom is -0.351 e. The highest BCUT2D eigenvalue weighted by Gasteiger charge is 2.32. The summed E-state index contributed by atoms with van der Waals surface area (Å²) in [5, 5.41) is 1.26. The first-order chi connectivity index (χ1) is 12.5. The van der Waals surface area contributed by atoms with Crippen molar-refractivity contribution in [3.63, 3.8) is 0 Å². The first-order valence-corrected chi connectivity index (χ1v) is 11.0. The molecule has 7 heteroatoms. The number of aryl methyl sites for hydroxylation is 1. The van der Waals surface area contributed by atoms with Gasteiger partial charge in [-0.3, -0.25) is 4.90 Å². The topological polar surface area (TPSA) is 48.8 Å². The third-order valence-electron chi connectivity index (χ3n) is 5.62. The van der Waals surface area contributed by atoms with Gasteiger partial charge in [0.05, 0.1) is 0 Å². The zero-order chi connectivity index (χ0) is 18.1. The highest BCUT2D eigenvalue weighted by atomic mass is 32.2. The molecule has 0 spiro atoms. The van der Waals surface area contributed by atoms with Gasteiger partial charge in [-0.25, -0.2) is 0 Å². The highest BCUT2D eigenvalue weighted by Crippen LogP contribution is 2.20. The lowest BCUT2D eigenvalue weighted by atomic mass is 10.1. The minimum absolute atomic E-state index is 0.590. The third-order valence-corrected chi connectivity index (χ3v) is 7.66. The summed E-state index contributed by atoms with van der Waals surface area (Å²) in [6, 6.07) is 8.75. The Balaban J connectivity index is 1.41. The van der Waals surface area contributed by atoms with Crippen LogP contribution in [0.1, 0.15) is 24.8 Å². The molecule has 1 aromatic carbocycles. The van der Waals surface area contributed by atoms with Crippen LogP contribution in [0.2, 0.25) is 0 Å². The average molecular weight is 377 g/mol. The Hall–Kier alpha value is -1.41. The van der Waals surface area contributed by atoms with Crippen LogP contribution in [0.15, 0.2) is 30.5 Å². The van der Waals surface area contributed by atoms with Gasteiger partial charge in [0, 0.05) is 58.0 Å². The van der Waals surface area contributed by atoms with E-state index in [1.54, 1.807) is 8.61 Å². The van der Waals surface area contributed by atoms with Gasteiger partial charge < -0.3 is 4.57 Å². The maximum atomic E-state index is 12.8. The van der Waals surface area contributed by atoms with Crippen molar-refractivity contribution in [1.82, 2.24) is 18.1 Å². The van der Waals surface area contributed by atoms with Gasteiger partial charge in [0.25, 0.3) is 10.2 Å². The fraction of sp³-hybridized carbons (Fsp3) is 0.579. The van der Waals surface area contributed by atoms with Crippen LogP contribution in [0.4, 0.5) is 0 Å². The number of hydrogen-bond donors (Lipinski definition) is 0. The normalized spacial score (nSPS) is 21.4. The van der Waals surface area contributed by atoms with Gasteiger partial charge in [0.2, 0.25) is 0 Å². The number of hydrogen-bond acceptors (Lipinski definition) is 3. The van der Waals surface area contributed by atoms with Crippen molar-refractivity contribution in [3.8, 4) is 0 Å². The molecule has 0 amide bonds. The Kier molecular flexibility index (Phi) is 5.05. The van der Waals surface area contributed by atoms with E-state index < -0.39 is 10.2 Å². The van der Waals surface area contributed by atoms with Crippen molar-refractivity contribution in [3.05, 3.63) is 36.0 Å². The van der Waals surface area contributed by atoms with Gasteiger partial charge in [-0.1, -0.05) is 6.07 Å². The number of aromatic nitrogens is 1. The van der Waals surface area contributed by atoms with Crippen LogP contribution < -0.4 is 0 Å². The van der Waals surface area contributed by atoms with Gasteiger partial charge in [-0.15, -0.1) is 0 Å². The van der Waals surface area contributed by atoms with E-state index in [0.717, 1.165) is 38.9 Å². The standard InChI is InChI=1S/C19H28N4O2S/c1-20-12-7-18-15-17(5-6-19(18)20)16-21-8-4-11-23(14-13-21)26(24,25)22-9-2-3-10-22/h5-7,12,15H,2-4,8-11,13-14,16H2,1H3. The summed E-state index contributed by atoms with van der Waals surface area (Å²) in [4.78, 5) is 2.38. The molecule has 142 valence electrons. The monoisotopic (exact) mass is 376 g/mol. The molecule has 2 fully saturated rings. The predicted octanol–water partition coefficient (Wildman–Crippen LogP) is 2.03. The quantitative estimate of drug-likeness (QED) is 0.820. The van der Waals surface area contributed by atoms with Gasteiger partial charge in [0.1, 0.15) is 0 Å². The molecule has 0 N–H and O–H groups in total. The second-order valence-corrected chi connectivity index (χ2v) is 9.39. The molecule has 0 bridgehead atoms. The molecule has 2 aliphatic rings. The zero-order valence-electron chi connectivity index (χ0n) is 15.5. The molecule has 0 radical (unpaired) electrons. The summed E-state index contributed by atoms with van der Waals surface area (Å²) < 4.78 is 31.1. The molecule has 0 atom stereocenters. The van der Waals surface area contributed by atoms with Crippen molar-refractivity contribution < 1.29 is 8.42 Å². The molecule has 3 heterocycles. The van der Waals surface area contributed by atoms with Crippen LogP contribution in [0.25, 0.3) is 10.9 Å². The number of benzene rings is 1. The lowest BCUT2D eigenvalue weighted by molar-refractivity contribution is 0.277. The molecular formula is C19H28N4O2S. The van der Waals surface area contributed by atoms with E-state index in [1.807, 2.05) is 0 Å². The lowest BCUT2D eigenvalue weighted by Gasteiger charge is -2.26. The molecule has 2 aromatic rings. The molecule has 1 aromatic heterocycles. The molecule has 26 heavy (non-hydrogen) atoms. The largest absolute Gasteiger partial charge is 0.351 e. The van der Waals surface area contributed by atoms with Crippen LogP contribution in [0.5, 0.6) is 0 Å². The predicted molar refractivity (Wildman–Crippen MR) is 104 cm³/mol. The molecule has 6 nitrogen and oxygen atoms in total. The van der Waals surface area contributed by atoms with Crippen molar-refractivity contribution in [2.45, 2.75) is 25.8 Å². The molecule has 2 aliphatic heterocycles. The van der Waals surface area contributed by atoms with Crippen molar-refractivity contribution >= 4 is 21.1 Å². The smallest absolute Gasteiger partial charge is 0.282 e. The fourth-order valence-electron chi connectivity index (χ4n) is 4.11. The molecular weight excluding hydrogens is 348 g/mol. The van der Waals surface area contributed by atoms with Gasteiger partial charge in [0.15, 0.2) is 0 Å². The second-order valence-electron chi connectivity index (χ2n) is 7.46. The number of fused-ring (bicyclic) bond motifs is 1. The summed E-state index contributed by atoms with van der Waals surface area (Å²) in [6.07, 6.45) is 4.95. The average Bonchev–Trinajstić information content (AvgIpc) is 3.22. The minimum atomic E-state index is -3.27. The van der Waals surface area contributed by atoms with Crippen molar-refractivity contribution in [2.75, 3.05) is 39.3 Å². The summed E-state index contributed by atoms with van der Waals surface area (Å²) >= 11 is 0. The third kappa shape index (κ3) is 3.53. The van der Waals surface area contributed by atoms with Crippen molar-refractivity contribution in [1.29, 1.82) is 0 Å². The molecule has 0 unspecified atom stereocenters. The summed E-state index contributed by atoms with van der Waals surface area (Å²) in [5.74, 6) is 0. The molecule has 4 rings (SSSR count). The van der Waals surface area contributed by atoms with Gasteiger partial charge in [-0.05, 0) is 55.0 Å². The maximum absolute atomic E-state index is 12.8. The summed E-state index contributed by atoms with van der Waals surface area (Å²) in [6.45, 7) is 5.19. The fourth-order valence-corrected chi connectivity index (χ4v) is 5.82. The summed E-state index contributed by atoms with van der Waals surface area (Å²) in [7, 11) is -1.21. The molecule has 2 saturated heterocycles. The maximum Gasteiger partial charge on any atom is 0.282 e. The lowest BCUT2D eigenvalue weighted by Crippen LogP contribution is -2.44. The first-order valence-electron chi connectivity index (χ1n) is 9.55. The Morgan fingerprint density at radius 2 is 1.62 bits per heavy atom. The Morgan fingerprint density at radius 3 is 2.42 bits per heavy atom. The Morgan fingerprint density at radius 1 is 0.885 bits per heavy atom. The van der Waals surface area contributed by atoms with E-state index in [9.17, 15) is 8.42 Å². The first kappa shape index (κ1) is 18.0. The van der Waals surface area contributed by atoms with Crippen LogP contribution in [-0.2, 0) is 23.8 Å². The van der Waals surface area contributed by atoms with E-state index in [1.165, 1.54) is 16.5 Å². The van der Waals surface area contributed by atoms with E-state index in [2.05, 4.69) is 47.0 Å². The van der Waals surface area contributed by atoms with E-state index in [-0.39, 0.29) is 0 Å². The van der Waals surface area contributed by atoms with Crippen LogP contribution in [0.3, 0.4) is 0 Å². The zero-order valence-corrected chi connectivity index (χ0v) is 16.3. The SMILES string of the molecule is Cn1ccc2cc(CN3CCCN(S(=O)(=O)N4CCCC4)CC3)ccc21. The summed E-state index contributed by atoms with van der Waals surface area (Å²) in [5.41, 5.74) is 2.53. The van der Waals surface area contributed by atoms with Crippen LogP contribution >= 0.6 is 0 Å². The van der Waals surface area contributed by atoms with Crippen LogP contribution in [0, 0.1) is 0 Å².